The van der Waals surface area contributed by atoms with E-state index in [0.717, 1.165) is 31.4 Å². The van der Waals surface area contributed by atoms with Crippen LogP contribution < -0.4 is 0 Å². The van der Waals surface area contributed by atoms with E-state index in [2.05, 4.69) is 6.92 Å². The molecule has 186 valence electrons. The fourth-order valence-corrected chi connectivity index (χ4v) is 4.67. The molecule has 2 unspecified atom stereocenters. The van der Waals surface area contributed by atoms with Crippen molar-refractivity contribution < 1.29 is 31.1 Å². The van der Waals surface area contributed by atoms with Gasteiger partial charge in [-0.25, -0.2) is 26.3 Å². The molecule has 4 rings (SSSR count). The monoisotopic (exact) mass is 492 g/mol. The van der Waals surface area contributed by atoms with Crippen LogP contribution >= 0.6 is 0 Å². The lowest BCUT2D eigenvalue weighted by Gasteiger charge is -2.29. The van der Waals surface area contributed by atoms with E-state index in [-0.39, 0.29) is 35.1 Å². The normalized spacial score (nSPS) is 18.1. The highest BCUT2D eigenvalue weighted by atomic mass is 19.2. The second-order valence-electron chi connectivity index (χ2n) is 9.06. The van der Waals surface area contributed by atoms with Crippen LogP contribution in [0.15, 0.2) is 42.5 Å². The molecular weight excluding hydrogens is 466 g/mol. The molecule has 1 saturated heterocycles. The van der Waals surface area contributed by atoms with Gasteiger partial charge >= 0.3 is 0 Å². The van der Waals surface area contributed by atoms with Gasteiger partial charge in [-0.3, -0.25) is 0 Å². The van der Waals surface area contributed by atoms with E-state index in [4.69, 9.17) is 4.74 Å². The van der Waals surface area contributed by atoms with Crippen molar-refractivity contribution in [3.05, 3.63) is 94.1 Å². The largest absolute Gasteiger partial charge is 0.373 e. The summed E-state index contributed by atoms with van der Waals surface area (Å²) in [5, 5.41) is 0. The van der Waals surface area contributed by atoms with E-state index in [1.54, 1.807) is 6.07 Å². The average molecular weight is 493 g/mol. The van der Waals surface area contributed by atoms with E-state index in [1.807, 2.05) is 0 Å². The van der Waals surface area contributed by atoms with Crippen LogP contribution in [-0.4, -0.2) is 6.61 Å². The van der Waals surface area contributed by atoms with E-state index in [0.29, 0.717) is 24.5 Å². The van der Waals surface area contributed by atoms with Crippen LogP contribution in [0.2, 0.25) is 0 Å². The third-order valence-corrected chi connectivity index (χ3v) is 6.62. The molecule has 1 aliphatic rings. The van der Waals surface area contributed by atoms with Crippen molar-refractivity contribution in [2.24, 2.45) is 5.92 Å². The first-order valence-corrected chi connectivity index (χ1v) is 11.8. The van der Waals surface area contributed by atoms with Gasteiger partial charge < -0.3 is 4.74 Å². The van der Waals surface area contributed by atoms with Gasteiger partial charge in [-0.2, -0.15) is 0 Å². The van der Waals surface area contributed by atoms with Crippen LogP contribution in [0.25, 0.3) is 11.1 Å². The average Bonchev–Trinajstić information content (AvgIpc) is 2.84. The van der Waals surface area contributed by atoms with Gasteiger partial charge in [-0.15, -0.1) is 0 Å². The molecule has 0 aliphatic carbocycles. The van der Waals surface area contributed by atoms with E-state index in [1.165, 1.54) is 24.3 Å². The Balaban J connectivity index is 1.44. The number of benzene rings is 3. The minimum atomic E-state index is -1.62. The summed E-state index contributed by atoms with van der Waals surface area (Å²) < 4.78 is 90.2. The first-order valence-electron chi connectivity index (χ1n) is 11.8. The fourth-order valence-electron chi connectivity index (χ4n) is 4.67. The molecule has 0 radical (unpaired) electrons. The number of hydrogen-bond acceptors (Lipinski definition) is 1. The standard InChI is InChI=1S/C28H26F6O/c1-2-3-17-6-11-25(35-15-17)21-10-8-18(26(32)27(21)33)7-4-16-5-9-20(22(29)12-16)19-13-23(30)28(34)24(31)14-19/h5,8-10,12-14,17,25H,2-4,6-7,11,15H2,1H3. The SMILES string of the molecule is CCCC1CCC(c2ccc(CCc3ccc(-c4cc(F)c(F)c(F)c4)c(F)c3)c(F)c2F)OC1. The minimum Gasteiger partial charge on any atom is -0.373 e. The van der Waals surface area contributed by atoms with Crippen LogP contribution in [-0.2, 0) is 17.6 Å². The zero-order valence-corrected chi connectivity index (χ0v) is 19.3. The maximum absolute atomic E-state index is 14.8. The molecule has 7 heteroatoms. The van der Waals surface area contributed by atoms with Gasteiger partial charge in [0.05, 0.1) is 12.7 Å². The van der Waals surface area contributed by atoms with Crippen molar-refractivity contribution in [1.82, 2.24) is 0 Å². The molecule has 1 fully saturated rings. The Bertz CT molecular complexity index is 1180. The molecule has 0 amide bonds. The quantitative estimate of drug-likeness (QED) is 0.238. The molecule has 0 spiro atoms. The highest BCUT2D eigenvalue weighted by molar-refractivity contribution is 5.64. The van der Waals surface area contributed by atoms with Crippen LogP contribution in [0.3, 0.4) is 0 Å². The first kappa shape index (κ1) is 25.3. The summed E-state index contributed by atoms with van der Waals surface area (Å²) >= 11 is 0. The van der Waals surface area contributed by atoms with Gasteiger partial charge in [0.1, 0.15) is 5.82 Å². The topological polar surface area (TPSA) is 9.23 Å². The number of aryl methyl sites for hydroxylation is 2. The van der Waals surface area contributed by atoms with Crippen molar-refractivity contribution >= 4 is 0 Å². The first-order chi connectivity index (χ1) is 16.8. The molecule has 0 bridgehead atoms. The third-order valence-electron chi connectivity index (χ3n) is 6.62. The molecule has 0 aromatic heterocycles. The zero-order valence-electron chi connectivity index (χ0n) is 19.3. The van der Waals surface area contributed by atoms with Crippen LogP contribution in [0, 0.1) is 40.8 Å². The van der Waals surface area contributed by atoms with Gasteiger partial charge in [0.15, 0.2) is 29.1 Å². The molecule has 35 heavy (non-hydrogen) atoms. The molecule has 0 saturated carbocycles. The maximum Gasteiger partial charge on any atom is 0.194 e. The Hall–Kier alpha value is -2.80. The number of ether oxygens (including phenoxy) is 1. The van der Waals surface area contributed by atoms with Crippen LogP contribution in [0.5, 0.6) is 0 Å². The van der Waals surface area contributed by atoms with Crippen LogP contribution in [0.1, 0.15) is 55.4 Å². The van der Waals surface area contributed by atoms with Crippen molar-refractivity contribution in [3.63, 3.8) is 0 Å². The predicted molar refractivity (Wildman–Crippen MR) is 122 cm³/mol. The molecule has 3 aromatic rings. The lowest BCUT2D eigenvalue weighted by molar-refractivity contribution is -0.0214. The number of rotatable bonds is 7. The summed E-state index contributed by atoms with van der Waals surface area (Å²) in [6, 6.07) is 8.54. The molecule has 3 aromatic carbocycles. The fraction of sp³-hybridized carbons (Fsp3) is 0.357. The zero-order chi connectivity index (χ0) is 25.1. The Morgan fingerprint density at radius 3 is 2.14 bits per heavy atom. The predicted octanol–water partition coefficient (Wildman–Crippen LogP) is 8.24. The molecule has 2 atom stereocenters. The second kappa shape index (κ2) is 10.9. The van der Waals surface area contributed by atoms with Gasteiger partial charge in [0, 0.05) is 11.1 Å². The van der Waals surface area contributed by atoms with Crippen molar-refractivity contribution in [1.29, 1.82) is 0 Å². The summed E-state index contributed by atoms with van der Waals surface area (Å²) in [6.45, 7) is 2.65. The summed E-state index contributed by atoms with van der Waals surface area (Å²) in [7, 11) is 0. The lowest BCUT2D eigenvalue weighted by atomic mass is 9.91. The van der Waals surface area contributed by atoms with Crippen molar-refractivity contribution in [3.8, 4) is 11.1 Å². The molecule has 1 aliphatic heterocycles. The Labute approximate surface area is 200 Å². The Kier molecular flexibility index (Phi) is 7.85. The smallest absolute Gasteiger partial charge is 0.194 e. The van der Waals surface area contributed by atoms with Gasteiger partial charge in [-0.05, 0) is 72.9 Å². The highest BCUT2D eigenvalue weighted by Crippen LogP contribution is 2.35. The van der Waals surface area contributed by atoms with E-state index >= 15 is 0 Å². The molecule has 1 nitrogen and oxygen atoms in total. The van der Waals surface area contributed by atoms with Crippen LogP contribution in [0.4, 0.5) is 26.3 Å². The molecular formula is C28H26F6O. The van der Waals surface area contributed by atoms with E-state index in [9.17, 15) is 26.3 Å². The summed E-state index contributed by atoms with van der Waals surface area (Å²) in [5.41, 5.74) is 0.645. The number of hydrogen-bond donors (Lipinski definition) is 0. The van der Waals surface area contributed by atoms with E-state index < -0.39 is 41.0 Å². The number of halogens is 6. The molecule has 1 heterocycles. The highest BCUT2D eigenvalue weighted by Gasteiger charge is 2.26. The summed E-state index contributed by atoms with van der Waals surface area (Å²) in [6.07, 6.45) is 3.57. The Morgan fingerprint density at radius 1 is 0.771 bits per heavy atom. The summed E-state index contributed by atoms with van der Waals surface area (Å²) in [4.78, 5) is 0. The van der Waals surface area contributed by atoms with Crippen molar-refractivity contribution in [2.45, 2.75) is 51.6 Å². The summed E-state index contributed by atoms with van der Waals surface area (Å²) in [5.74, 6) is -6.60. The Morgan fingerprint density at radius 2 is 1.51 bits per heavy atom. The van der Waals surface area contributed by atoms with Gasteiger partial charge in [0.25, 0.3) is 0 Å². The molecule has 0 N–H and O–H groups in total. The van der Waals surface area contributed by atoms with Gasteiger partial charge in [0.2, 0.25) is 0 Å². The lowest BCUT2D eigenvalue weighted by Crippen LogP contribution is -2.21. The van der Waals surface area contributed by atoms with Crippen molar-refractivity contribution in [2.75, 3.05) is 6.61 Å². The maximum atomic E-state index is 14.8. The minimum absolute atomic E-state index is 0.0956. The second-order valence-corrected chi connectivity index (χ2v) is 9.06. The van der Waals surface area contributed by atoms with Gasteiger partial charge in [-0.1, -0.05) is 37.6 Å². The third kappa shape index (κ3) is 5.56.